The van der Waals surface area contributed by atoms with Crippen molar-refractivity contribution in [2.24, 2.45) is 5.92 Å². The molecule has 0 bridgehead atoms. The number of methoxy groups -OCH3 is 1. The summed E-state index contributed by atoms with van der Waals surface area (Å²) in [5.74, 6) is 0.172. The third-order valence-electron chi connectivity index (χ3n) is 4.91. The number of amides is 2. The van der Waals surface area contributed by atoms with Crippen molar-refractivity contribution in [1.29, 1.82) is 0 Å². The molecule has 0 unspecified atom stereocenters. The maximum atomic E-state index is 12.8. The first-order chi connectivity index (χ1) is 13.1. The molecule has 2 aromatic rings. The highest BCUT2D eigenvalue weighted by atomic mass is 16.5. The lowest BCUT2D eigenvalue weighted by molar-refractivity contribution is -0.128. The third-order valence-corrected chi connectivity index (χ3v) is 4.91. The molecule has 27 heavy (non-hydrogen) atoms. The van der Waals surface area contributed by atoms with E-state index in [-0.39, 0.29) is 17.7 Å². The van der Waals surface area contributed by atoms with Gasteiger partial charge in [-0.15, -0.1) is 0 Å². The van der Waals surface area contributed by atoms with Crippen LogP contribution in [0.1, 0.15) is 22.3 Å². The van der Waals surface area contributed by atoms with E-state index >= 15 is 0 Å². The smallest absolute Gasteiger partial charge is 0.251 e. The molecule has 1 N–H and O–H groups in total. The Hall–Kier alpha value is -2.66. The predicted octanol–water partition coefficient (Wildman–Crippen LogP) is 2.89. The van der Waals surface area contributed by atoms with Crippen LogP contribution in [0.2, 0.25) is 0 Å². The van der Waals surface area contributed by atoms with Crippen LogP contribution in [0.15, 0.2) is 48.5 Å². The Morgan fingerprint density at radius 1 is 1.22 bits per heavy atom. The summed E-state index contributed by atoms with van der Waals surface area (Å²) in [7, 11) is 1.63. The molecule has 0 saturated carbocycles. The van der Waals surface area contributed by atoms with Gasteiger partial charge in [0.2, 0.25) is 5.91 Å². The number of carbonyl (C=O) groups is 2. The topological polar surface area (TPSA) is 58.6 Å². The molecule has 5 nitrogen and oxygen atoms in total. The average Bonchev–Trinajstić information content (AvgIpc) is 3.04. The van der Waals surface area contributed by atoms with Crippen molar-refractivity contribution in [3.8, 4) is 11.1 Å². The van der Waals surface area contributed by atoms with Gasteiger partial charge in [-0.05, 0) is 24.1 Å². The standard InChI is InChI=1S/C22H26N2O3/c1-16-6-5-7-18(12-16)19-8-3-4-9-20(19)22(26)23-14-17-13-21(25)24(15-17)10-11-27-2/h3-9,12,17H,10-11,13-15H2,1-2H3,(H,23,26)/t17-/m1/s1. The first kappa shape index (κ1) is 19.1. The number of hydrogen-bond donors (Lipinski definition) is 1. The fourth-order valence-electron chi connectivity index (χ4n) is 3.49. The third kappa shape index (κ3) is 4.74. The van der Waals surface area contributed by atoms with Crippen LogP contribution in [0.25, 0.3) is 11.1 Å². The summed E-state index contributed by atoms with van der Waals surface area (Å²) in [4.78, 5) is 26.6. The van der Waals surface area contributed by atoms with Gasteiger partial charge in [0.25, 0.3) is 5.91 Å². The van der Waals surface area contributed by atoms with Crippen LogP contribution in [-0.2, 0) is 9.53 Å². The molecule has 2 amide bonds. The minimum atomic E-state index is -0.102. The fraction of sp³-hybridized carbons (Fsp3) is 0.364. The van der Waals surface area contributed by atoms with Gasteiger partial charge in [-0.1, -0.05) is 48.0 Å². The van der Waals surface area contributed by atoms with Gasteiger partial charge in [0, 0.05) is 44.6 Å². The monoisotopic (exact) mass is 366 g/mol. The van der Waals surface area contributed by atoms with Gasteiger partial charge < -0.3 is 15.0 Å². The molecule has 1 aliphatic heterocycles. The Bertz CT molecular complexity index is 819. The van der Waals surface area contributed by atoms with Crippen molar-refractivity contribution in [2.45, 2.75) is 13.3 Å². The largest absolute Gasteiger partial charge is 0.383 e. The minimum Gasteiger partial charge on any atom is -0.383 e. The van der Waals surface area contributed by atoms with E-state index in [1.54, 1.807) is 12.0 Å². The van der Waals surface area contributed by atoms with E-state index in [2.05, 4.69) is 11.4 Å². The van der Waals surface area contributed by atoms with Crippen LogP contribution in [0.3, 0.4) is 0 Å². The number of likely N-dealkylation sites (tertiary alicyclic amines) is 1. The lowest BCUT2D eigenvalue weighted by Gasteiger charge is -2.16. The summed E-state index contributed by atoms with van der Waals surface area (Å²) in [6.07, 6.45) is 0.476. The SMILES string of the molecule is COCCN1C[C@@H](CNC(=O)c2ccccc2-c2cccc(C)c2)CC1=O. The second-order valence-electron chi connectivity index (χ2n) is 7.03. The molecule has 1 atom stereocenters. The summed E-state index contributed by atoms with van der Waals surface area (Å²) in [5.41, 5.74) is 3.76. The number of benzene rings is 2. The van der Waals surface area contributed by atoms with Gasteiger partial charge in [0.1, 0.15) is 0 Å². The van der Waals surface area contributed by atoms with Crippen molar-refractivity contribution >= 4 is 11.8 Å². The van der Waals surface area contributed by atoms with Crippen molar-refractivity contribution in [3.63, 3.8) is 0 Å². The van der Waals surface area contributed by atoms with Crippen LogP contribution in [0.5, 0.6) is 0 Å². The van der Waals surface area contributed by atoms with Crippen molar-refractivity contribution in [3.05, 3.63) is 59.7 Å². The van der Waals surface area contributed by atoms with Gasteiger partial charge in [0.05, 0.1) is 6.61 Å². The molecule has 1 saturated heterocycles. The average molecular weight is 366 g/mol. The van der Waals surface area contributed by atoms with Crippen LogP contribution >= 0.6 is 0 Å². The summed E-state index contributed by atoms with van der Waals surface area (Å²) < 4.78 is 5.04. The summed E-state index contributed by atoms with van der Waals surface area (Å²) >= 11 is 0. The summed E-state index contributed by atoms with van der Waals surface area (Å²) in [6, 6.07) is 15.8. The van der Waals surface area contributed by atoms with Crippen LogP contribution in [-0.4, -0.2) is 50.1 Å². The Balaban J connectivity index is 1.65. The lowest BCUT2D eigenvalue weighted by Crippen LogP contribution is -2.32. The Kier molecular flexibility index (Phi) is 6.24. The van der Waals surface area contributed by atoms with E-state index in [0.717, 1.165) is 16.7 Å². The number of nitrogens with zero attached hydrogens (tertiary/aromatic N) is 1. The van der Waals surface area contributed by atoms with E-state index in [9.17, 15) is 9.59 Å². The number of ether oxygens (including phenoxy) is 1. The molecule has 1 fully saturated rings. The number of hydrogen-bond acceptors (Lipinski definition) is 3. The van der Waals surface area contributed by atoms with Gasteiger partial charge in [0.15, 0.2) is 0 Å². The molecule has 3 rings (SSSR count). The Labute approximate surface area is 160 Å². The van der Waals surface area contributed by atoms with E-state index in [1.807, 2.05) is 49.4 Å². The predicted molar refractivity (Wildman–Crippen MR) is 106 cm³/mol. The summed E-state index contributed by atoms with van der Waals surface area (Å²) in [6.45, 7) is 4.35. The van der Waals surface area contributed by atoms with Crippen molar-refractivity contribution in [2.75, 3.05) is 33.4 Å². The zero-order chi connectivity index (χ0) is 19.2. The zero-order valence-electron chi connectivity index (χ0n) is 15.9. The van der Waals surface area contributed by atoms with Crippen molar-refractivity contribution < 1.29 is 14.3 Å². The van der Waals surface area contributed by atoms with Crippen LogP contribution in [0, 0.1) is 12.8 Å². The Morgan fingerprint density at radius 3 is 2.81 bits per heavy atom. The first-order valence-corrected chi connectivity index (χ1v) is 9.29. The van der Waals surface area contributed by atoms with Gasteiger partial charge >= 0.3 is 0 Å². The number of aryl methyl sites for hydroxylation is 1. The minimum absolute atomic E-state index is 0.102. The van der Waals surface area contributed by atoms with Crippen LogP contribution < -0.4 is 5.32 Å². The van der Waals surface area contributed by atoms with Gasteiger partial charge in [-0.2, -0.15) is 0 Å². The van der Waals surface area contributed by atoms with E-state index in [1.165, 1.54) is 0 Å². The normalized spacial score (nSPS) is 16.6. The molecule has 142 valence electrons. The lowest BCUT2D eigenvalue weighted by atomic mass is 9.97. The molecule has 0 aliphatic carbocycles. The van der Waals surface area contributed by atoms with E-state index in [4.69, 9.17) is 4.74 Å². The molecule has 1 aliphatic rings. The Morgan fingerprint density at radius 2 is 2.04 bits per heavy atom. The second kappa shape index (κ2) is 8.82. The van der Waals surface area contributed by atoms with Gasteiger partial charge in [-0.3, -0.25) is 9.59 Å². The molecular weight excluding hydrogens is 340 g/mol. The fourth-order valence-corrected chi connectivity index (χ4v) is 3.49. The highest BCUT2D eigenvalue weighted by Gasteiger charge is 2.29. The zero-order valence-corrected chi connectivity index (χ0v) is 15.9. The highest BCUT2D eigenvalue weighted by Crippen LogP contribution is 2.25. The molecule has 0 radical (unpaired) electrons. The van der Waals surface area contributed by atoms with Gasteiger partial charge in [-0.25, -0.2) is 0 Å². The quantitative estimate of drug-likeness (QED) is 0.820. The molecule has 5 heteroatoms. The second-order valence-corrected chi connectivity index (χ2v) is 7.03. The molecule has 2 aromatic carbocycles. The molecular formula is C22H26N2O3. The number of carbonyl (C=O) groups excluding carboxylic acids is 2. The maximum Gasteiger partial charge on any atom is 0.251 e. The number of nitrogens with one attached hydrogen (secondary N) is 1. The first-order valence-electron chi connectivity index (χ1n) is 9.29. The van der Waals surface area contributed by atoms with Crippen molar-refractivity contribution in [1.82, 2.24) is 10.2 Å². The highest BCUT2D eigenvalue weighted by molar-refractivity contribution is 6.01. The van der Waals surface area contributed by atoms with E-state index in [0.29, 0.717) is 38.2 Å². The van der Waals surface area contributed by atoms with Crippen LogP contribution in [0.4, 0.5) is 0 Å². The maximum absolute atomic E-state index is 12.8. The number of rotatable bonds is 7. The molecule has 0 spiro atoms. The van der Waals surface area contributed by atoms with E-state index < -0.39 is 0 Å². The molecule has 0 aromatic heterocycles. The summed E-state index contributed by atoms with van der Waals surface area (Å²) in [5, 5.41) is 3.01. The molecule has 1 heterocycles.